The lowest BCUT2D eigenvalue weighted by atomic mass is 9.98. The Hall–Kier alpha value is -2.39. The van der Waals surface area contributed by atoms with Crippen LogP contribution in [0, 0.1) is 11.3 Å². The van der Waals surface area contributed by atoms with Crippen molar-refractivity contribution in [2.24, 2.45) is 0 Å². The first kappa shape index (κ1) is 19.7. The van der Waals surface area contributed by atoms with Gasteiger partial charge in [0.25, 0.3) is 5.91 Å². The summed E-state index contributed by atoms with van der Waals surface area (Å²) in [5, 5.41) is 12.0. The number of nitrogens with one attached hydrogen (secondary N) is 1. The Labute approximate surface area is 142 Å². The number of nitriles is 1. The lowest BCUT2D eigenvalue weighted by molar-refractivity contribution is -0.140. The molecule has 0 fully saturated rings. The molecule has 1 amide bonds. The zero-order chi connectivity index (χ0) is 18.2. The van der Waals surface area contributed by atoms with Crippen molar-refractivity contribution >= 4 is 17.6 Å². The summed E-state index contributed by atoms with van der Waals surface area (Å²) < 4.78 is 10.7. The van der Waals surface area contributed by atoms with E-state index in [1.165, 1.54) is 19.1 Å². The second kappa shape index (κ2) is 9.04. The summed E-state index contributed by atoms with van der Waals surface area (Å²) in [5.41, 5.74) is -0.372. The van der Waals surface area contributed by atoms with E-state index in [0.29, 0.717) is 18.7 Å². The van der Waals surface area contributed by atoms with Gasteiger partial charge >= 0.3 is 5.97 Å². The summed E-state index contributed by atoms with van der Waals surface area (Å²) in [6, 6.07) is 6.48. The van der Waals surface area contributed by atoms with Crippen molar-refractivity contribution in [3.05, 3.63) is 23.8 Å². The fraction of sp³-hybridized carbons (Fsp3) is 0.500. The maximum absolute atomic E-state index is 12.6. The molecule has 0 saturated carbocycles. The van der Waals surface area contributed by atoms with Crippen LogP contribution < -0.4 is 10.1 Å². The number of anilines is 1. The molecular weight excluding hydrogens is 308 g/mol. The van der Waals surface area contributed by atoms with Crippen molar-refractivity contribution in [1.29, 1.82) is 5.26 Å². The van der Waals surface area contributed by atoms with E-state index in [9.17, 15) is 14.9 Å². The molecule has 0 radical (unpaired) electrons. The Bertz CT molecular complexity index is 636. The molecule has 0 aromatic heterocycles. The highest BCUT2D eigenvalue weighted by Gasteiger charge is 2.33. The van der Waals surface area contributed by atoms with E-state index < -0.39 is 11.6 Å². The summed E-state index contributed by atoms with van der Waals surface area (Å²) in [6.45, 7) is 7.48. The second-order valence-corrected chi connectivity index (χ2v) is 5.70. The molecule has 1 aromatic rings. The largest absolute Gasteiger partial charge is 0.427 e. The Balaban J connectivity index is 2.99. The third kappa shape index (κ3) is 5.36. The molecule has 6 nitrogen and oxygen atoms in total. The number of carbonyl (C=O) groups is 2. The van der Waals surface area contributed by atoms with Crippen LogP contribution in [0.3, 0.4) is 0 Å². The van der Waals surface area contributed by atoms with Gasteiger partial charge in [0.2, 0.25) is 0 Å². The summed E-state index contributed by atoms with van der Waals surface area (Å²) in [6.07, 6.45) is 2.18. The molecular formula is C18H24N2O4. The maximum atomic E-state index is 12.6. The highest BCUT2D eigenvalue weighted by Crippen LogP contribution is 2.25. The lowest BCUT2D eigenvalue weighted by Crippen LogP contribution is -2.43. The van der Waals surface area contributed by atoms with Gasteiger partial charge in [-0.25, -0.2) is 0 Å². The van der Waals surface area contributed by atoms with E-state index >= 15 is 0 Å². The highest BCUT2D eigenvalue weighted by molar-refractivity contribution is 5.98. The molecule has 0 aliphatic carbocycles. The average molecular weight is 332 g/mol. The van der Waals surface area contributed by atoms with Crippen LogP contribution in [0.25, 0.3) is 0 Å². The number of hydrogen-bond acceptors (Lipinski definition) is 5. The van der Waals surface area contributed by atoms with Crippen molar-refractivity contribution < 1.29 is 19.1 Å². The van der Waals surface area contributed by atoms with E-state index in [4.69, 9.17) is 9.47 Å². The predicted octanol–water partition coefficient (Wildman–Crippen LogP) is 3.41. The minimum Gasteiger partial charge on any atom is -0.427 e. The zero-order valence-electron chi connectivity index (χ0n) is 14.6. The summed E-state index contributed by atoms with van der Waals surface area (Å²) in [5.74, 6) is -0.510. The molecule has 6 heteroatoms. The summed E-state index contributed by atoms with van der Waals surface area (Å²) >= 11 is 0. The van der Waals surface area contributed by atoms with Crippen molar-refractivity contribution in [2.75, 3.05) is 11.9 Å². The van der Waals surface area contributed by atoms with E-state index in [0.717, 1.165) is 12.8 Å². The van der Waals surface area contributed by atoms with Crippen LogP contribution in [0.5, 0.6) is 5.75 Å². The molecule has 1 aromatic carbocycles. The second-order valence-electron chi connectivity index (χ2n) is 5.70. The molecule has 0 unspecified atom stereocenters. The fourth-order valence-corrected chi connectivity index (χ4v) is 2.26. The van der Waals surface area contributed by atoms with Crippen molar-refractivity contribution in [2.45, 2.75) is 52.6 Å². The third-order valence-corrected chi connectivity index (χ3v) is 3.45. The number of hydrogen-bond donors (Lipinski definition) is 1. The highest BCUT2D eigenvalue weighted by atomic mass is 16.5. The summed E-state index contributed by atoms with van der Waals surface area (Å²) in [4.78, 5) is 23.6. The Kier molecular flexibility index (Phi) is 7.40. The van der Waals surface area contributed by atoms with Crippen LogP contribution >= 0.6 is 0 Å². The van der Waals surface area contributed by atoms with Crippen LogP contribution in [0.1, 0.15) is 52.5 Å². The zero-order valence-corrected chi connectivity index (χ0v) is 14.6. The molecule has 1 rings (SSSR count). The van der Waals surface area contributed by atoms with Gasteiger partial charge in [0, 0.05) is 19.6 Å². The first-order valence-electron chi connectivity index (χ1n) is 8.04. The minimum atomic E-state index is -0.952. The first-order valence-corrected chi connectivity index (χ1v) is 8.04. The number of carbonyl (C=O) groups excluding carboxylic acids is 2. The third-order valence-electron chi connectivity index (χ3n) is 3.45. The molecule has 0 bridgehead atoms. The van der Waals surface area contributed by atoms with Crippen molar-refractivity contribution in [3.8, 4) is 11.8 Å². The molecule has 0 spiro atoms. The lowest BCUT2D eigenvalue weighted by Gasteiger charge is -2.28. The Morgan fingerprint density at radius 1 is 1.29 bits per heavy atom. The van der Waals surface area contributed by atoms with E-state index in [-0.39, 0.29) is 17.2 Å². The van der Waals surface area contributed by atoms with Gasteiger partial charge in [-0.05, 0) is 31.9 Å². The normalized spacial score (nSPS) is 12.8. The number of nitrogens with zero attached hydrogens (tertiary/aromatic N) is 1. The van der Waals surface area contributed by atoms with Gasteiger partial charge < -0.3 is 14.8 Å². The summed E-state index contributed by atoms with van der Waals surface area (Å²) in [7, 11) is 0. The van der Waals surface area contributed by atoms with Gasteiger partial charge in [-0.2, -0.15) is 5.26 Å². The number of amides is 1. The fourth-order valence-electron chi connectivity index (χ4n) is 2.26. The van der Waals surface area contributed by atoms with Crippen molar-refractivity contribution in [3.63, 3.8) is 0 Å². The van der Waals surface area contributed by atoms with Gasteiger partial charge in [-0.3, -0.25) is 9.59 Å². The molecule has 0 aliphatic rings. The number of rotatable bonds is 8. The van der Waals surface area contributed by atoms with Crippen LogP contribution in [0.15, 0.2) is 18.2 Å². The van der Waals surface area contributed by atoms with E-state index in [2.05, 4.69) is 5.32 Å². The minimum absolute atomic E-state index is 0.219. The standard InChI is InChI=1S/C18H24N2O4/c1-5-9-18(4,23-10-6-2)17(22)20-16-8-7-15(24-13(3)21)11-14(16)12-19/h7-8,11H,5-6,9-10H2,1-4H3,(H,20,22)/t18-/m0/s1. The van der Waals surface area contributed by atoms with E-state index in [1.807, 2.05) is 19.9 Å². The smallest absolute Gasteiger partial charge is 0.308 e. The molecule has 24 heavy (non-hydrogen) atoms. The van der Waals surface area contributed by atoms with Crippen LogP contribution in [0.4, 0.5) is 5.69 Å². The molecule has 0 aliphatic heterocycles. The van der Waals surface area contributed by atoms with Gasteiger partial charge in [0.15, 0.2) is 0 Å². The number of esters is 1. The Morgan fingerprint density at radius 3 is 2.54 bits per heavy atom. The van der Waals surface area contributed by atoms with Crippen LogP contribution in [-0.4, -0.2) is 24.1 Å². The molecule has 1 atom stereocenters. The average Bonchev–Trinajstić information content (AvgIpc) is 2.54. The number of benzene rings is 1. The molecule has 0 heterocycles. The monoisotopic (exact) mass is 332 g/mol. The SMILES string of the molecule is CCCO[C@@](C)(CCC)C(=O)Nc1ccc(OC(C)=O)cc1C#N. The van der Waals surface area contributed by atoms with E-state index in [1.54, 1.807) is 13.0 Å². The quantitative estimate of drug-likeness (QED) is 0.582. The predicted molar refractivity (Wildman–Crippen MR) is 90.7 cm³/mol. The van der Waals surface area contributed by atoms with Gasteiger partial charge in [-0.15, -0.1) is 0 Å². The van der Waals surface area contributed by atoms with Gasteiger partial charge in [0.1, 0.15) is 17.4 Å². The van der Waals surface area contributed by atoms with Crippen molar-refractivity contribution in [1.82, 2.24) is 0 Å². The topological polar surface area (TPSA) is 88.4 Å². The van der Waals surface area contributed by atoms with Crippen LogP contribution in [-0.2, 0) is 14.3 Å². The van der Waals surface area contributed by atoms with Crippen LogP contribution in [0.2, 0.25) is 0 Å². The number of ether oxygens (including phenoxy) is 2. The molecule has 1 N–H and O–H groups in total. The maximum Gasteiger partial charge on any atom is 0.308 e. The first-order chi connectivity index (χ1) is 11.4. The van der Waals surface area contributed by atoms with Gasteiger partial charge in [-0.1, -0.05) is 20.3 Å². The molecule has 0 saturated heterocycles. The van der Waals surface area contributed by atoms with Gasteiger partial charge in [0.05, 0.1) is 11.3 Å². The molecule has 130 valence electrons. The Morgan fingerprint density at radius 2 is 2.00 bits per heavy atom.